The Bertz CT molecular complexity index is 1770. The van der Waals surface area contributed by atoms with Gasteiger partial charge in [-0.1, -0.05) is 54.6 Å². The molecule has 3 aromatic carbocycles. The van der Waals surface area contributed by atoms with Gasteiger partial charge >= 0.3 is 5.69 Å². The second-order valence-corrected chi connectivity index (χ2v) is 11.8. The van der Waals surface area contributed by atoms with Gasteiger partial charge in [0.25, 0.3) is 0 Å². The number of ether oxygens (including phenoxy) is 5. The summed E-state index contributed by atoms with van der Waals surface area (Å²) in [6, 6.07) is 24.7. The number of anilines is 1. The van der Waals surface area contributed by atoms with E-state index in [1.165, 1.54) is 24.7 Å². The first kappa shape index (κ1) is 36.2. The van der Waals surface area contributed by atoms with Crippen molar-refractivity contribution in [3.8, 4) is 11.5 Å². The van der Waals surface area contributed by atoms with E-state index >= 15 is 0 Å². The number of carbonyl (C=O) groups is 2. The predicted octanol–water partition coefficient (Wildman–Crippen LogP) is 3.32. The van der Waals surface area contributed by atoms with Crippen LogP contribution in [-0.4, -0.2) is 79.3 Å². The number of hydrogen-bond donors (Lipinski definition) is 3. The lowest BCUT2D eigenvalue weighted by molar-refractivity contribution is -0.124. The van der Waals surface area contributed by atoms with E-state index in [9.17, 15) is 19.5 Å². The number of benzene rings is 3. The number of aliphatic hydroxyl groups is 1. The van der Waals surface area contributed by atoms with E-state index in [1.54, 1.807) is 21.1 Å². The molecule has 0 aliphatic carbocycles. The maximum absolute atomic E-state index is 13.3. The van der Waals surface area contributed by atoms with Gasteiger partial charge in [-0.2, -0.15) is 4.98 Å². The Kier molecular flexibility index (Phi) is 11.6. The topological polar surface area (TPSA) is 159 Å². The van der Waals surface area contributed by atoms with Crippen LogP contribution in [0.4, 0.5) is 5.82 Å². The molecule has 2 amide bonds. The highest BCUT2D eigenvalue weighted by Crippen LogP contribution is 2.43. The molecule has 13 heteroatoms. The van der Waals surface area contributed by atoms with Gasteiger partial charge in [0.2, 0.25) is 11.8 Å². The zero-order valence-electron chi connectivity index (χ0n) is 28.6. The van der Waals surface area contributed by atoms with Crippen molar-refractivity contribution in [2.45, 2.75) is 50.4 Å². The van der Waals surface area contributed by atoms with Gasteiger partial charge in [0.1, 0.15) is 41.2 Å². The van der Waals surface area contributed by atoms with Crippen molar-refractivity contribution in [3.63, 3.8) is 0 Å². The van der Waals surface area contributed by atoms with Crippen molar-refractivity contribution in [2.24, 2.45) is 0 Å². The Labute approximate surface area is 290 Å². The predicted molar refractivity (Wildman–Crippen MR) is 184 cm³/mol. The van der Waals surface area contributed by atoms with Gasteiger partial charge in [-0.05, 0) is 47.9 Å². The molecule has 4 aromatic rings. The first-order chi connectivity index (χ1) is 24.1. The molecule has 50 heavy (non-hydrogen) atoms. The second kappa shape index (κ2) is 16.1. The van der Waals surface area contributed by atoms with E-state index in [4.69, 9.17) is 23.7 Å². The molecule has 4 atom stereocenters. The largest absolute Gasteiger partial charge is 0.497 e. The lowest BCUT2D eigenvalue weighted by Crippen LogP contribution is -2.41. The lowest BCUT2D eigenvalue weighted by atomic mass is 9.80. The molecule has 0 spiro atoms. The Morgan fingerprint density at radius 2 is 1.52 bits per heavy atom. The number of rotatable bonds is 14. The number of nitrogens with one attached hydrogen (secondary N) is 2. The molecule has 2 heterocycles. The summed E-state index contributed by atoms with van der Waals surface area (Å²) in [6.07, 6.45) is -2.99. The quantitative estimate of drug-likeness (QED) is 0.168. The zero-order valence-corrected chi connectivity index (χ0v) is 28.6. The van der Waals surface area contributed by atoms with Crippen LogP contribution in [0, 0.1) is 6.92 Å². The molecular weight excluding hydrogens is 644 g/mol. The van der Waals surface area contributed by atoms with Crippen LogP contribution < -0.4 is 25.8 Å². The van der Waals surface area contributed by atoms with E-state index in [-0.39, 0.29) is 37.3 Å². The minimum atomic E-state index is -1.29. The first-order valence-corrected chi connectivity index (χ1v) is 16.1. The maximum Gasteiger partial charge on any atom is 0.351 e. The van der Waals surface area contributed by atoms with Crippen LogP contribution in [0.2, 0.25) is 0 Å². The van der Waals surface area contributed by atoms with Gasteiger partial charge in [0.15, 0.2) is 6.23 Å². The van der Waals surface area contributed by atoms with Crippen LogP contribution in [0.1, 0.15) is 41.8 Å². The fourth-order valence-corrected chi connectivity index (χ4v) is 6.00. The summed E-state index contributed by atoms with van der Waals surface area (Å²) in [5, 5.41) is 16.8. The van der Waals surface area contributed by atoms with Crippen LogP contribution in [-0.2, 0) is 29.4 Å². The Morgan fingerprint density at radius 3 is 2.06 bits per heavy atom. The third-order valence-corrected chi connectivity index (χ3v) is 8.57. The summed E-state index contributed by atoms with van der Waals surface area (Å²) in [6.45, 7) is 2.80. The molecule has 0 radical (unpaired) electrons. The number of aryl methyl sites for hydroxylation is 1. The van der Waals surface area contributed by atoms with Crippen LogP contribution >= 0.6 is 0 Å². The fourth-order valence-electron chi connectivity index (χ4n) is 6.00. The summed E-state index contributed by atoms with van der Waals surface area (Å²) >= 11 is 0. The Morgan fingerprint density at radius 1 is 0.940 bits per heavy atom. The standard InChI is InChI=1S/C37H42N4O9/c1-23-21-41(36(45)40-34(23)39-24(2)42)35-33(48-20-19-31(43)38-3)32(44)30(50-35)22-49-37(25-9-7-6-8-10-25,26-11-15-28(46-4)16-12-26)27-13-17-29(47-5)18-14-27/h6-18,21,30,32-33,35,44H,19-20,22H2,1-5H3,(H,38,43)(H,39,40,42,45)/t30-,32-,33-,35-/m1/s1. The molecule has 1 aliphatic rings. The van der Waals surface area contributed by atoms with Crippen molar-refractivity contribution in [2.75, 3.05) is 39.8 Å². The summed E-state index contributed by atoms with van der Waals surface area (Å²) in [4.78, 5) is 41.0. The van der Waals surface area contributed by atoms with Gasteiger partial charge < -0.3 is 39.4 Å². The third kappa shape index (κ3) is 7.71. The van der Waals surface area contributed by atoms with Crippen molar-refractivity contribution in [1.82, 2.24) is 14.9 Å². The van der Waals surface area contributed by atoms with Gasteiger partial charge in [-0.3, -0.25) is 14.2 Å². The average molecular weight is 687 g/mol. The molecule has 5 rings (SSSR count). The van der Waals surface area contributed by atoms with Gasteiger partial charge in [-0.15, -0.1) is 0 Å². The SMILES string of the molecule is CNC(=O)CCO[C@@H]1[C@H](O)[C@@H](COC(c2ccccc2)(c2ccc(OC)cc2)c2ccc(OC)cc2)O[C@H]1n1cc(C)c(NC(C)=O)nc1=O. The smallest absolute Gasteiger partial charge is 0.351 e. The molecule has 264 valence electrons. The van der Waals surface area contributed by atoms with Gasteiger partial charge in [0.05, 0.1) is 27.4 Å². The minimum absolute atomic E-state index is 0.0211. The van der Waals surface area contributed by atoms with E-state index in [2.05, 4.69) is 15.6 Å². The normalized spacial score (nSPS) is 18.8. The summed E-state index contributed by atoms with van der Waals surface area (Å²) < 4.78 is 31.5. The van der Waals surface area contributed by atoms with Crippen molar-refractivity contribution in [1.29, 1.82) is 0 Å². The van der Waals surface area contributed by atoms with Crippen LogP contribution in [0.3, 0.4) is 0 Å². The second-order valence-electron chi connectivity index (χ2n) is 11.8. The van der Waals surface area contributed by atoms with Gasteiger partial charge in [-0.25, -0.2) is 4.79 Å². The molecular formula is C37H42N4O9. The third-order valence-electron chi connectivity index (χ3n) is 8.57. The summed E-state index contributed by atoms with van der Waals surface area (Å²) in [5.74, 6) is 0.808. The van der Waals surface area contributed by atoms with Gasteiger partial charge in [0, 0.05) is 32.2 Å². The molecule has 1 aliphatic heterocycles. The molecule has 0 saturated carbocycles. The molecule has 0 unspecified atom stereocenters. The highest BCUT2D eigenvalue weighted by atomic mass is 16.6. The van der Waals surface area contributed by atoms with Crippen LogP contribution in [0.25, 0.3) is 0 Å². The number of amides is 2. The van der Waals surface area contributed by atoms with Crippen molar-refractivity contribution in [3.05, 3.63) is 118 Å². The van der Waals surface area contributed by atoms with E-state index in [1.807, 2.05) is 78.9 Å². The van der Waals surface area contributed by atoms with Crippen LogP contribution in [0.5, 0.6) is 11.5 Å². The number of carbonyl (C=O) groups excluding carboxylic acids is 2. The average Bonchev–Trinajstić information content (AvgIpc) is 3.44. The fraction of sp³-hybridized carbons (Fsp3) is 0.351. The lowest BCUT2D eigenvalue weighted by Gasteiger charge is -2.37. The Hall–Kier alpha value is -5.08. The summed E-state index contributed by atoms with van der Waals surface area (Å²) in [7, 11) is 4.70. The molecule has 1 aromatic heterocycles. The molecule has 0 bridgehead atoms. The zero-order chi connectivity index (χ0) is 35.8. The van der Waals surface area contributed by atoms with Crippen LogP contribution in [0.15, 0.2) is 89.9 Å². The molecule has 3 N–H and O–H groups in total. The number of aromatic nitrogens is 2. The summed E-state index contributed by atoms with van der Waals surface area (Å²) in [5.41, 5.74) is 0.925. The number of methoxy groups -OCH3 is 2. The highest BCUT2D eigenvalue weighted by molar-refractivity contribution is 5.88. The monoisotopic (exact) mass is 686 g/mol. The van der Waals surface area contributed by atoms with Crippen molar-refractivity contribution < 1.29 is 38.4 Å². The number of nitrogens with zero attached hydrogens (tertiary/aromatic N) is 2. The van der Waals surface area contributed by atoms with E-state index < -0.39 is 35.8 Å². The molecule has 1 fully saturated rings. The molecule has 13 nitrogen and oxygen atoms in total. The number of aliphatic hydroxyl groups excluding tert-OH is 1. The van der Waals surface area contributed by atoms with E-state index in [0.29, 0.717) is 17.1 Å². The van der Waals surface area contributed by atoms with E-state index in [0.717, 1.165) is 16.7 Å². The maximum atomic E-state index is 13.3. The van der Waals surface area contributed by atoms with Crippen molar-refractivity contribution >= 4 is 17.6 Å². The number of hydrogen-bond acceptors (Lipinski definition) is 10. The highest BCUT2D eigenvalue weighted by Gasteiger charge is 2.48. The minimum Gasteiger partial charge on any atom is -0.497 e. The first-order valence-electron chi connectivity index (χ1n) is 16.1. The Balaban J connectivity index is 1.55. The molecule has 1 saturated heterocycles.